The van der Waals surface area contributed by atoms with E-state index in [0.717, 1.165) is 31.2 Å². The highest BCUT2D eigenvalue weighted by atomic mass is 35.5. The maximum atomic E-state index is 9.24. The average molecular weight is 414 g/mol. The molecule has 4 N–H and O–H groups in total. The molecule has 0 amide bonds. The van der Waals surface area contributed by atoms with E-state index in [1.54, 1.807) is 6.33 Å². The summed E-state index contributed by atoms with van der Waals surface area (Å²) in [6, 6.07) is 0.427. The molecule has 9 nitrogen and oxygen atoms in total. The predicted molar refractivity (Wildman–Crippen MR) is 105 cm³/mol. The van der Waals surface area contributed by atoms with Crippen LogP contribution in [-0.4, -0.2) is 59.4 Å². The lowest BCUT2D eigenvalue weighted by molar-refractivity contribution is -0.127. The number of nitrogens with one attached hydrogen (secondary N) is 1. The molecule has 0 spiro atoms. The smallest absolute Gasteiger partial charge is 0.226 e. The molecule has 4 rings (SSSR count). The minimum absolute atomic E-state index is 0.0351. The van der Waals surface area contributed by atoms with Gasteiger partial charge in [-0.1, -0.05) is 12.8 Å². The van der Waals surface area contributed by atoms with E-state index in [-0.39, 0.29) is 24.2 Å². The SMILES string of the molecule is CC(C)(O)O.OCC1CCC(n2cnc3c(NC4CCCC4)nc(Cl)nc32)O1. The Bertz CT molecular complexity index is 782. The minimum atomic E-state index is -1.50. The number of ether oxygens (including phenoxy) is 1. The number of nitrogens with zero attached hydrogens (tertiary/aromatic N) is 4. The van der Waals surface area contributed by atoms with Crippen molar-refractivity contribution in [3.8, 4) is 0 Å². The fourth-order valence-electron chi connectivity index (χ4n) is 3.49. The van der Waals surface area contributed by atoms with Crippen LogP contribution in [0.2, 0.25) is 5.28 Å². The van der Waals surface area contributed by atoms with Gasteiger partial charge >= 0.3 is 0 Å². The molecule has 1 aliphatic heterocycles. The lowest BCUT2D eigenvalue weighted by Crippen LogP contribution is -2.16. The molecule has 1 aliphatic carbocycles. The highest BCUT2D eigenvalue weighted by Gasteiger charge is 2.28. The maximum absolute atomic E-state index is 9.24. The highest BCUT2D eigenvalue weighted by molar-refractivity contribution is 6.28. The van der Waals surface area contributed by atoms with Gasteiger partial charge in [0.1, 0.15) is 6.23 Å². The van der Waals surface area contributed by atoms with Gasteiger partial charge in [-0.15, -0.1) is 0 Å². The number of halogens is 1. The predicted octanol–water partition coefficient (Wildman–Crippen LogP) is 2.21. The van der Waals surface area contributed by atoms with Crippen molar-refractivity contribution in [2.45, 2.75) is 76.5 Å². The van der Waals surface area contributed by atoms with E-state index in [1.807, 2.05) is 4.57 Å². The molecule has 1 saturated carbocycles. The van der Waals surface area contributed by atoms with Crippen LogP contribution in [0.5, 0.6) is 0 Å². The number of hydrogen-bond donors (Lipinski definition) is 4. The summed E-state index contributed by atoms with van der Waals surface area (Å²) in [7, 11) is 0. The first-order chi connectivity index (χ1) is 13.2. The van der Waals surface area contributed by atoms with Crippen molar-refractivity contribution in [2.24, 2.45) is 0 Å². The molecule has 2 atom stereocenters. The number of anilines is 1. The van der Waals surface area contributed by atoms with Gasteiger partial charge in [0.05, 0.1) is 19.0 Å². The summed E-state index contributed by atoms with van der Waals surface area (Å²) in [6.45, 7) is 2.63. The number of fused-ring (bicyclic) bond motifs is 1. The molecule has 156 valence electrons. The number of hydrogen-bond acceptors (Lipinski definition) is 8. The Morgan fingerprint density at radius 3 is 2.50 bits per heavy atom. The van der Waals surface area contributed by atoms with Gasteiger partial charge in [-0.05, 0) is 51.1 Å². The summed E-state index contributed by atoms with van der Waals surface area (Å²) >= 11 is 6.12. The number of rotatable bonds is 4. The summed E-state index contributed by atoms with van der Waals surface area (Å²) in [5, 5.41) is 29.0. The van der Waals surface area contributed by atoms with Crippen LogP contribution in [0.1, 0.15) is 58.6 Å². The van der Waals surface area contributed by atoms with Crippen LogP contribution >= 0.6 is 11.6 Å². The molecule has 2 aliphatic rings. The molecule has 2 aromatic heterocycles. The van der Waals surface area contributed by atoms with Crippen molar-refractivity contribution in [1.29, 1.82) is 0 Å². The second kappa shape index (κ2) is 8.87. The Kier molecular flexibility index (Phi) is 6.72. The fraction of sp³-hybridized carbons (Fsp3) is 0.722. The fourth-order valence-corrected chi connectivity index (χ4v) is 3.66. The highest BCUT2D eigenvalue weighted by Crippen LogP contribution is 2.32. The van der Waals surface area contributed by atoms with Gasteiger partial charge < -0.3 is 25.4 Å². The third-order valence-electron chi connectivity index (χ3n) is 4.69. The standard InChI is InChI=1S/C15H20ClN5O2.C3H8O2/c16-15-19-13(18-9-3-1-2-4-9)12-14(20-15)21(8-17-12)11-6-5-10(7-22)23-11;1-3(2,4)5/h8-11,22H,1-7H2,(H,18,19,20);4-5H,1-2H3. The largest absolute Gasteiger partial charge is 0.394 e. The van der Waals surface area contributed by atoms with E-state index < -0.39 is 5.79 Å². The van der Waals surface area contributed by atoms with Crippen LogP contribution in [0, 0.1) is 0 Å². The molecule has 10 heteroatoms. The molecular weight excluding hydrogens is 386 g/mol. The van der Waals surface area contributed by atoms with Crippen LogP contribution in [0.25, 0.3) is 11.2 Å². The van der Waals surface area contributed by atoms with Crippen LogP contribution in [-0.2, 0) is 4.74 Å². The van der Waals surface area contributed by atoms with E-state index in [2.05, 4.69) is 20.3 Å². The van der Waals surface area contributed by atoms with Crippen molar-refractivity contribution in [3.05, 3.63) is 11.6 Å². The zero-order valence-electron chi connectivity index (χ0n) is 16.2. The summed E-state index contributed by atoms with van der Waals surface area (Å²) < 4.78 is 7.71. The van der Waals surface area contributed by atoms with Crippen molar-refractivity contribution in [2.75, 3.05) is 11.9 Å². The van der Waals surface area contributed by atoms with Crippen molar-refractivity contribution >= 4 is 28.6 Å². The van der Waals surface area contributed by atoms with Gasteiger partial charge in [-0.2, -0.15) is 9.97 Å². The Hall–Kier alpha value is -1.52. The van der Waals surface area contributed by atoms with E-state index in [4.69, 9.17) is 26.6 Å². The second-order valence-electron chi connectivity index (χ2n) is 7.76. The lowest BCUT2D eigenvalue weighted by Gasteiger charge is -2.15. The monoisotopic (exact) mass is 413 g/mol. The zero-order valence-corrected chi connectivity index (χ0v) is 16.9. The number of imidazole rings is 1. The lowest BCUT2D eigenvalue weighted by atomic mass is 10.2. The van der Waals surface area contributed by atoms with E-state index >= 15 is 0 Å². The minimum Gasteiger partial charge on any atom is -0.394 e. The first-order valence-corrected chi connectivity index (χ1v) is 10.00. The van der Waals surface area contributed by atoms with E-state index in [9.17, 15) is 5.11 Å². The topological polar surface area (TPSA) is 126 Å². The Morgan fingerprint density at radius 2 is 1.89 bits per heavy atom. The molecule has 28 heavy (non-hydrogen) atoms. The Morgan fingerprint density at radius 1 is 1.21 bits per heavy atom. The molecule has 3 heterocycles. The molecular formula is C18H28ClN5O4. The van der Waals surface area contributed by atoms with Gasteiger partial charge in [0, 0.05) is 6.04 Å². The molecule has 0 aromatic carbocycles. The van der Waals surface area contributed by atoms with Gasteiger partial charge in [0.2, 0.25) is 5.28 Å². The summed E-state index contributed by atoms with van der Waals surface area (Å²) in [5.74, 6) is -0.803. The van der Waals surface area contributed by atoms with Crippen LogP contribution in [0.4, 0.5) is 5.82 Å². The molecule has 0 bridgehead atoms. The van der Waals surface area contributed by atoms with Crippen LogP contribution in [0.3, 0.4) is 0 Å². The van der Waals surface area contributed by atoms with Crippen molar-refractivity contribution in [1.82, 2.24) is 19.5 Å². The number of aliphatic hydroxyl groups is 3. The normalized spacial score (nSPS) is 23.1. The van der Waals surface area contributed by atoms with Gasteiger partial charge in [0.15, 0.2) is 22.8 Å². The number of aromatic nitrogens is 4. The van der Waals surface area contributed by atoms with Crippen LogP contribution in [0.15, 0.2) is 6.33 Å². The molecule has 0 radical (unpaired) electrons. The van der Waals surface area contributed by atoms with Gasteiger partial charge in [-0.3, -0.25) is 4.57 Å². The van der Waals surface area contributed by atoms with Gasteiger partial charge in [-0.25, -0.2) is 4.98 Å². The number of aliphatic hydroxyl groups excluding tert-OH is 1. The van der Waals surface area contributed by atoms with E-state index in [0.29, 0.717) is 17.5 Å². The maximum Gasteiger partial charge on any atom is 0.226 e. The molecule has 2 fully saturated rings. The first-order valence-electron chi connectivity index (χ1n) is 9.62. The molecule has 2 unspecified atom stereocenters. The van der Waals surface area contributed by atoms with Crippen molar-refractivity contribution in [3.63, 3.8) is 0 Å². The summed E-state index contributed by atoms with van der Waals surface area (Å²) in [6.07, 6.45) is 7.87. The average Bonchev–Trinajstić information content (AvgIpc) is 3.32. The molecule has 2 aromatic rings. The van der Waals surface area contributed by atoms with Crippen molar-refractivity contribution < 1.29 is 20.1 Å². The third kappa shape index (κ3) is 5.51. The van der Waals surface area contributed by atoms with E-state index in [1.165, 1.54) is 26.7 Å². The molecule has 1 saturated heterocycles. The Balaban J connectivity index is 0.000000403. The summed E-state index contributed by atoms with van der Waals surface area (Å²) in [4.78, 5) is 13.1. The Labute approximate surface area is 168 Å². The second-order valence-corrected chi connectivity index (χ2v) is 8.10. The summed E-state index contributed by atoms with van der Waals surface area (Å²) in [5.41, 5.74) is 1.39. The zero-order chi connectivity index (χ0) is 20.3. The third-order valence-corrected chi connectivity index (χ3v) is 4.86. The quantitative estimate of drug-likeness (QED) is 0.444. The van der Waals surface area contributed by atoms with Crippen LogP contribution < -0.4 is 5.32 Å². The first kappa shape index (κ1) is 21.2. The van der Waals surface area contributed by atoms with Gasteiger partial charge in [0.25, 0.3) is 0 Å².